The van der Waals surface area contributed by atoms with Gasteiger partial charge in [0.05, 0.1) is 11.0 Å². The third-order valence-electron chi connectivity index (χ3n) is 9.59. The number of H-pyrrole nitrogens is 1. The highest BCUT2D eigenvalue weighted by molar-refractivity contribution is 5.99. The molecule has 3 aromatic carbocycles. The minimum absolute atomic E-state index is 0.00653. The molecule has 1 amide bonds. The molecule has 0 saturated heterocycles. The van der Waals surface area contributed by atoms with Crippen molar-refractivity contribution in [3.05, 3.63) is 89.2 Å². The minimum atomic E-state index is -0.314. The van der Waals surface area contributed by atoms with Gasteiger partial charge in [0.1, 0.15) is 11.6 Å². The molecule has 0 spiro atoms. The maximum Gasteiger partial charge on any atom is 0.251 e. The highest BCUT2D eigenvalue weighted by Gasteiger charge is 2.53. The first-order valence-corrected chi connectivity index (χ1v) is 14.1. The second-order valence-electron chi connectivity index (χ2n) is 12.0. The van der Waals surface area contributed by atoms with Gasteiger partial charge in [-0.15, -0.1) is 0 Å². The molecule has 6 atom stereocenters. The van der Waals surface area contributed by atoms with Crippen molar-refractivity contribution >= 4 is 22.7 Å². The van der Waals surface area contributed by atoms with Gasteiger partial charge in [0.15, 0.2) is 5.78 Å². The number of nitrogens with one attached hydrogen (secondary N) is 2. The van der Waals surface area contributed by atoms with Crippen LogP contribution in [0.1, 0.15) is 58.9 Å². The van der Waals surface area contributed by atoms with Crippen LogP contribution in [-0.2, 0) is 6.42 Å². The molecule has 0 aliphatic heterocycles. The SMILES string of the molecule is C[C@@H]1C[C@@H]2C[C@H]3CC(CC32)C1NC(=O)c1ccc2nc(-c3ccc(C(=O)Cc4ccc(F)cc4)cc3)[nH]c2c1. The van der Waals surface area contributed by atoms with Crippen molar-refractivity contribution in [2.75, 3.05) is 0 Å². The smallest absolute Gasteiger partial charge is 0.251 e. The Labute approximate surface area is 227 Å². The van der Waals surface area contributed by atoms with Gasteiger partial charge in [-0.2, -0.15) is 0 Å². The van der Waals surface area contributed by atoms with Crippen LogP contribution in [-0.4, -0.2) is 27.7 Å². The lowest BCUT2D eigenvalue weighted by Crippen LogP contribution is -2.45. The molecular formula is C33H32FN3O2. The number of amides is 1. The molecule has 3 fully saturated rings. The summed E-state index contributed by atoms with van der Waals surface area (Å²) in [5, 5.41) is 3.41. The highest BCUT2D eigenvalue weighted by atomic mass is 19.1. The van der Waals surface area contributed by atoms with Gasteiger partial charge in [0, 0.05) is 29.2 Å². The molecule has 2 N–H and O–H groups in total. The summed E-state index contributed by atoms with van der Waals surface area (Å²) in [5.74, 6) is 4.14. The lowest BCUT2D eigenvalue weighted by molar-refractivity contribution is 0.0681. The first kappa shape index (κ1) is 24.3. The van der Waals surface area contributed by atoms with Crippen molar-refractivity contribution in [1.29, 1.82) is 0 Å². The largest absolute Gasteiger partial charge is 0.349 e. The summed E-state index contributed by atoms with van der Waals surface area (Å²) in [4.78, 5) is 34.0. The van der Waals surface area contributed by atoms with E-state index in [0.29, 0.717) is 28.8 Å². The third-order valence-corrected chi connectivity index (χ3v) is 9.59. The molecule has 3 aliphatic carbocycles. The van der Waals surface area contributed by atoms with Crippen molar-refractivity contribution in [3.8, 4) is 11.4 Å². The molecule has 3 aliphatic rings. The van der Waals surface area contributed by atoms with E-state index in [1.54, 1.807) is 24.3 Å². The van der Waals surface area contributed by atoms with Crippen LogP contribution in [0.3, 0.4) is 0 Å². The average molecular weight is 522 g/mol. The van der Waals surface area contributed by atoms with Crippen molar-refractivity contribution in [2.45, 2.75) is 45.1 Å². The van der Waals surface area contributed by atoms with Crippen LogP contribution >= 0.6 is 0 Å². The van der Waals surface area contributed by atoms with E-state index in [4.69, 9.17) is 4.98 Å². The first-order valence-electron chi connectivity index (χ1n) is 14.1. The summed E-state index contributed by atoms with van der Waals surface area (Å²) in [6, 6.07) is 19.2. The van der Waals surface area contributed by atoms with E-state index in [2.05, 4.69) is 17.2 Å². The van der Waals surface area contributed by atoms with Crippen molar-refractivity contribution in [3.63, 3.8) is 0 Å². The number of hydrogen-bond acceptors (Lipinski definition) is 3. The van der Waals surface area contributed by atoms with Gasteiger partial charge in [0.25, 0.3) is 5.91 Å². The fourth-order valence-electron chi connectivity index (χ4n) is 7.56. The van der Waals surface area contributed by atoms with Gasteiger partial charge in [-0.1, -0.05) is 43.3 Å². The average Bonchev–Trinajstić information content (AvgIpc) is 3.49. The Morgan fingerprint density at radius 3 is 2.41 bits per heavy atom. The minimum Gasteiger partial charge on any atom is -0.349 e. The summed E-state index contributed by atoms with van der Waals surface area (Å²) in [7, 11) is 0. The van der Waals surface area contributed by atoms with E-state index in [0.717, 1.165) is 39.9 Å². The van der Waals surface area contributed by atoms with Gasteiger partial charge in [-0.25, -0.2) is 9.37 Å². The summed E-state index contributed by atoms with van der Waals surface area (Å²) >= 11 is 0. The van der Waals surface area contributed by atoms with E-state index in [1.807, 2.05) is 30.3 Å². The monoisotopic (exact) mass is 521 g/mol. The first-order chi connectivity index (χ1) is 18.9. The fraction of sp³-hybridized carbons (Fsp3) is 0.364. The van der Waals surface area contributed by atoms with Crippen LogP contribution < -0.4 is 5.32 Å². The zero-order chi connectivity index (χ0) is 26.7. The number of carbonyl (C=O) groups excluding carboxylic acids is 2. The maximum atomic E-state index is 13.3. The Morgan fingerprint density at radius 1 is 0.897 bits per heavy atom. The Bertz CT molecular complexity index is 1560. The summed E-state index contributed by atoms with van der Waals surface area (Å²) in [5.41, 5.74) is 4.48. The quantitative estimate of drug-likeness (QED) is 0.281. The van der Waals surface area contributed by atoms with E-state index >= 15 is 0 Å². The number of aromatic nitrogens is 2. The van der Waals surface area contributed by atoms with Gasteiger partial charge in [0.2, 0.25) is 0 Å². The predicted molar refractivity (Wildman–Crippen MR) is 149 cm³/mol. The Hall–Kier alpha value is -3.80. The predicted octanol–water partition coefficient (Wildman–Crippen LogP) is 6.59. The number of aromatic amines is 1. The molecule has 1 aromatic heterocycles. The number of carbonyl (C=O) groups is 2. The lowest BCUT2D eigenvalue weighted by Gasteiger charge is -2.43. The highest BCUT2D eigenvalue weighted by Crippen LogP contribution is 2.59. The van der Waals surface area contributed by atoms with Crippen LogP contribution in [0.15, 0.2) is 66.7 Å². The van der Waals surface area contributed by atoms with Crippen molar-refractivity contribution < 1.29 is 14.0 Å². The number of nitrogens with zero attached hydrogens (tertiary/aromatic N) is 1. The summed E-state index contributed by atoms with van der Waals surface area (Å²) in [6.45, 7) is 2.31. The molecular weight excluding hydrogens is 489 g/mol. The third kappa shape index (κ3) is 4.46. The molecule has 198 valence electrons. The molecule has 39 heavy (non-hydrogen) atoms. The normalized spacial score (nSPS) is 27.1. The molecule has 4 aromatic rings. The summed E-state index contributed by atoms with van der Waals surface area (Å²) < 4.78 is 13.1. The number of ketones is 1. The molecule has 7 rings (SSSR count). The number of hydrogen-bond donors (Lipinski definition) is 2. The molecule has 5 nitrogen and oxygen atoms in total. The molecule has 3 saturated carbocycles. The van der Waals surface area contributed by atoms with E-state index in [1.165, 1.54) is 37.8 Å². The van der Waals surface area contributed by atoms with Crippen LogP contribution in [0.25, 0.3) is 22.4 Å². The van der Waals surface area contributed by atoms with Crippen molar-refractivity contribution in [1.82, 2.24) is 15.3 Å². The number of imidazole rings is 1. The number of benzene rings is 3. The number of fused-ring (bicyclic) bond motifs is 2. The second-order valence-corrected chi connectivity index (χ2v) is 12.0. The van der Waals surface area contributed by atoms with Crippen molar-refractivity contribution in [2.24, 2.45) is 29.6 Å². The second kappa shape index (κ2) is 9.44. The fourth-order valence-corrected chi connectivity index (χ4v) is 7.56. The van der Waals surface area contributed by atoms with E-state index < -0.39 is 0 Å². The molecule has 6 heteroatoms. The van der Waals surface area contributed by atoms with Gasteiger partial charge >= 0.3 is 0 Å². The molecule has 2 bridgehead atoms. The standard InChI is InChI=1S/C33H32FN3O2/c1-18-12-23-14-24-15-25(16-27(23)24)31(18)37-33(39)22-8-11-28-29(17-22)36-32(35-28)21-6-4-20(5-7-21)30(38)13-19-2-9-26(34)10-3-19/h2-11,17-18,23-25,27,31H,12-16H2,1H3,(H,35,36)(H,37,39)/t18-,23-,24+,25?,27?,31?/m1/s1. The molecule has 3 unspecified atom stereocenters. The zero-order valence-electron chi connectivity index (χ0n) is 22.0. The topological polar surface area (TPSA) is 74.8 Å². The maximum absolute atomic E-state index is 13.3. The number of rotatable bonds is 6. The van der Waals surface area contributed by atoms with Gasteiger partial charge < -0.3 is 10.3 Å². The van der Waals surface area contributed by atoms with E-state index in [-0.39, 0.29) is 30.0 Å². The number of Topliss-reactive ketones (excluding diaryl/α,β-unsaturated/α-hetero) is 1. The van der Waals surface area contributed by atoms with Gasteiger partial charge in [-0.3, -0.25) is 9.59 Å². The Kier molecular flexibility index (Phi) is 5.87. The molecule has 1 heterocycles. The van der Waals surface area contributed by atoms with Crippen LogP contribution in [0.5, 0.6) is 0 Å². The van der Waals surface area contributed by atoms with Gasteiger partial charge in [-0.05, 0) is 91.2 Å². The Balaban J connectivity index is 1.05. The van der Waals surface area contributed by atoms with Crippen LogP contribution in [0, 0.1) is 35.4 Å². The number of halogens is 1. The summed E-state index contributed by atoms with van der Waals surface area (Å²) in [6.07, 6.45) is 5.42. The van der Waals surface area contributed by atoms with E-state index in [9.17, 15) is 14.0 Å². The van der Waals surface area contributed by atoms with Crippen LogP contribution in [0.4, 0.5) is 4.39 Å². The molecule has 0 radical (unpaired) electrons. The zero-order valence-corrected chi connectivity index (χ0v) is 22.0. The van der Waals surface area contributed by atoms with Crippen LogP contribution in [0.2, 0.25) is 0 Å². The Morgan fingerprint density at radius 2 is 1.62 bits per heavy atom. The lowest BCUT2D eigenvalue weighted by atomic mass is 9.63.